The van der Waals surface area contributed by atoms with Crippen LogP contribution in [0.2, 0.25) is 0 Å². The number of rotatable bonds is 3. The number of hydrogen-bond donors (Lipinski definition) is 2. The van der Waals surface area contributed by atoms with Crippen molar-refractivity contribution in [3.8, 4) is 0 Å². The number of carbonyl (C=O) groups is 1. The van der Waals surface area contributed by atoms with Crippen LogP contribution in [-0.2, 0) is 4.79 Å². The van der Waals surface area contributed by atoms with Gasteiger partial charge >= 0.3 is 0 Å². The lowest BCUT2D eigenvalue weighted by Gasteiger charge is -2.32. The second-order valence-corrected chi connectivity index (χ2v) is 4.28. The van der Waals surface area contributed by atoms with Crippen molar-refractivity contribution in [1.82, 2.24) is 5.32 Å². The first kappa shape index (κ1) is 11.2. The number of amides is 1. The average molecular weight is 196 g/mol. The molecule has 0 saturated carbocycles. The van der Waals surface area contributed by atoms with Gasteiger partial charge < -0.3 is 11.1 Å². The summed E-state index contributed by atoms with van der Waals surface area (Å²) < 4.78 is 0. The molecule has 0 fully saturated rings. The maximum absolute atomic E-state index is 11.6. The summed E-state index contributed by atoms with van der Waals surface area (Å²) in [5, 5.41) is 3.03. The molecule has 3 N–H and O–H groups in total. The summed E-state index contributed by atoms with van der Waals surface area (Å²) in [5.41, 5.74) is 5.58. The summed E-state index contributed by atoms with van der Waals surface area (Å²) in [7, 11) is 0. The van der Waals surface area contributed by atoms with Crippen molar-refractivity contribution in [3.63, 3.8) is 0 Å². The van der Waals surface area contributed by atoms with Crippen LogP contribution >= 0.6 is 0 Å². The lowest BCUT2D eigenvalue weighted by atomic mass is 9.87. The third kappa shape index (κ3) is 2.84. The van der Waals surface area contributed by atoms with E-state index in [1.807, 2.05) is 6.92 Å². The van der Waals surface area contributed by atoms with E-state index < -0.39 is 0 Å². The van der Waals surface area contributed by atoms with Crippen molar-refractivity contribution in [2.45, 2.75) is 51.1 Å². The highest BCUT2D eigenvalue weighted by molar-refractivity contribution is 5.82. The van der Waals surface area contributed by atoms with E-state index in [0.717, 1.165) is 19.3 Å². The lowest BCUT2D eigenvalue weighted by molar-refractivity contribution is -0.124. The zero-order valence-electron chi connectivity index (χ0n) is 9.05. The fraction of sp³-hybridized carbons (Fsp3) is 0.727. The van der Waals surface area contributed by atoms with Crippen molar-refractivity contribution in [2.24, 2.45) is 5.73 Å². The highest BCUT2D eigenvalue weighted by Crippen LogP contribution is 2.22. The Hall–Kier alpha value is -0.830. The highest BCUT2D eigenvalue weighted by atomic mass is 16.2. The van der Waals surface area contributed by atoms with Crippen molar-refractivity contribution in [2.75, 3.05) is 0 Å². The van der Waals surface area contributed by atoms with E-state index >= 15 is 0 Å². The van der Waals surface area contributed by atoms with Crippen molar-refractivity contribution >= 4 is 5.91 Å². The van der Waals surface area contributed by atoms with Crippen molar-refractivity contribution < 1.29 is 4.79 Å². The molecule has 0 radical (unpaired) electrons. The minimum absolute atomic E-state index is 0.0229. The maximum Gasteiger partial charge on any atom is 0.237 e. The van der Waals surface area contributed by atoms with E-state index in [0.29, 0.717) is 6.42 Å². The van der Waals surface area contributed by atoms with Gasteiger partial charge in [0.1, 0.15) is 0 Å². The minimum atomic E-state index is -0.363. The third-order valence-electron chi connectivity index (χ3n) is 2.80. The van der Waals surface area contributed by atoms with Crippen LogP contribution in [0, 0.1) is 0 Å². The topological polar surface area (TPSA) is 55.1 Å². The average Bonchev–Trinajstić information content (AvgIpc) is 2.17. The zero-order valence-corrected chi connectivity index (χ0v) is 9.05. The molecular weight excluding hydrogens is 176 g/mol. The largest absolute Gasteiger partial charge is 0.349 e. The van der Waals surface area contributed by atoms with Gasteiger partial charge in [-0.05, 0) is 32.6 Å². The van der Waals surface area contributed by atoms with E-state index in [9.17, 15) is 4.79 Å². The molecular formula is C11H20N2O. The second kappa shape index (κ2) is 4.60. The summed E-state index contributed by atoms with van der Waals surface area (Å²) in [5.74, 6) is -0.0229. The van der Waals surface area contributed by atoms with Gasteiger partial charge in [-0.3, -0.25) is 4.79 Å². The Morgan fingerprint density at radius 1 is 1.64 bits per heavy atom. The zero-order chi connectivity index (χ0) is 10.6. The quantitative estimate of drug-likeness (QED) is 0.669. The predicted octanol–water partition coefficient (Wildman–Crippen LogP) is 1.34. The van der Waals surface area contributed by atoms with Gasteiger partial charge in [-0.2, -0.15) is 0 Å². The maximum atomic E-state index is 11.6. The van der Waals surface area contributed by atoms with E-state index in [1.165, 1.54) is 0 Å². The molecule has 1 aliphatic carbocycles. The van der Waals surface area contributed by atoms with Crippen LogP contribution in [0.4, 0.5) is 0 Å². The standard InChI is InChI=1S/C11H20N2O/c1-3-9(12)10(14)13-11(2)7-5-4-6-8-11/h4-5,9H,3,6-8,12H2,1-2H3,(H,13,14)/t9-,11?/m1/s1. The highest BCUT2D eigenvalue weighted by Gasteiger charge is 2.27. The van der Waals surface area contributed by atoms with Gasteiger partial charge in [-0.15, -0.1) is 0 Å². The van der Waals surface area contributed by atoms with Gasteiger partial charge in [0.2, 0.25) is 5.91 Å². The van der Waals surface area contributed by atoms with E-state index in [1.54, 1.807) is 0 Å². The number of allylic oxidation sites excluding steroid dienone is 1. The number of nitrogens with one attached hydrogen (secondary N) is 1. The van der Waals surface area contributed by atoms with Crippen LogP contribution in [0.3, 0.4) is 0 Å². The van der Waals surface area contributed by atoms with Gasteiger partial charge in [0.05, 0.1) is 6.04 Å². The number of hydrogen-bond acceptors (Lipinski definition) is 2. The molecule has 80 valence electrons. The summed E-state index contributed by atoms with van der Waals surface area (Å²) in [6.07, 6.45) is 7.94. The smallest absolute Gasteiger partial charge is 0.237 e. The van der Waals surface area contributed by atoms with Crippen LogP contribution in [0.15, 0.2) is 12.2 Å². The van der Waals surface area contributed by atoms with Gasteiger partial charge in [-0.25, -0.2) is 0 Å². The first-order valence-corrected chi connectivity index (χ1v) is 5.30. The fourth-order valence-electron chi connectivity index (χ4n) is 1.65. The summed E-state index contributed by atoms with van der Waals surface area (Å²) in [4.78, 5) is 11.6. The van der Waals surface area contributed by atoms with Gasteiger partial charge in [0.25, 0.3) is 0 Å². The molecule has 1 amide bonds. The molecule has 14 heavy (non-hydrogen) atoms. The van der Waals surface area contributed by atoms with Crippen LogP contribution in [0.25, 0.3) is 0 Å². The van der Waals surface area contributed by atoms with Crippen LogP contribution in [0.1, 0.15) is 39.5 Å². The molecule has 0 saturated heterocycles. The van der Waals surface area contributed by atoms with Gasteiger partial charge in [0, 0.05) is 5.54 Å². The third-order valence-corrected chi connectivity index (χ3v) is 2.80. The summed E-state index contributed by atoms with van der Waals surface area (Å²) >= 11 is 0. The number of nitrogens with two attached hydrogens (primary N) is 1. The first-order chi connectivity index (χ1) is 6.57. The molecule has 1 rings (SSSR count). The fourth-order valence-corrected chi connectivity index (χ4v) is 1.65. The van der Waals surface area contributed by atoms with Crippen LogP contribution in [0.5, 0.6) is 0 Å². The van der Waals surface area contributed by atoms with Crippen molar-refractivity contribution in [1.29, 1.82) is 0 Å². The Balaban J connectivity index is 2.50. The molecule has 0 spiro atoms. The second-order valence-electron chi connectivity index (χ2n) is 4.28. The molecule has 1 aliphatic rings. The van der Waals surface area contributed by atoms with E-state index in [-0.39, 0.29) is 17.5 Å². The molecule has 0 aromatic rings. The Kier molecular flexibility index (Phi) is 3.69. The molecule has 2 atom stereocenters. The van der Waals surface area contributed by atoms with E-state index in [2.05, 4.69) is 24.4 Å². The molecule has 0 aromatic heterocycles. The summed E-state index contributed by atoms with van der Waals surface area (Å²) in [6.45, 7) is 4.00. The lowest BCUT2D eigenvalue weighted by Crippen LogP contribution is -2.52. The molecule has 0 heterocycles. The molecule has 3 nitrogen and oxygen atoms in total. The van der Waals surface area contributed by atoms with E-state index in [4.69, 9.17) is 5.73 Å². The SMILES string of the molecule is CC[C@@H](N)C(=O)NC1(C)CC=CCC1. The van der Waals surface area contributed by atoms with Gasteiger partial charge in [0.15, 0.2) is 0 Å². The first-order valence-electron chi connectivity index (χ1n) is 5.30. The summed E-state index contributed by atoms with van der Waals surface area (Å²) in [6, 6.07) is -0.363. The molecule has 0 aromatic carbocycles. The minimum Gasteiger partial charge on any atom is -0.349 e. The predicted molar refractivity (Wildman–Crippen MR) is 57.8 cm³/mol. The molecule has 0 aliphatic heterocycles. The normalized spacial score (nSPS) is 28.5. The van der Waals surface area contributed by atoms with Crippen LogP contribution in [-0.4, -0.2) is 17.5 Å². The molecule has 3 heteroatoms. The molecule has 0 bridgehead atoms. The Morgan fingerprint density at radius 3 is 2.86 bits per heavy atom. The van der Waals surface area contributed by atoms with Crippen molar-refractivity contribution in [3.05, 3.63) is 12.2 Å². The van der Waals surface area contributed by atoms with Crippen LogP contribution < -0.4 is 11.1 Å². The monoisotopic (exact) mass is 196 g/mol. The Bertz CT molecular complexity index is 237. The molecule has 1 unspecified atom stereocenters. The Labute approximate surface area is 85.7 Å². The number of carbonyl (C=O) groups excluding carboxylic acids is 1. The Morgan fingerprint density at radius 2 is 2.36 bits per heavy atom. The van der Waals surface area contributed by atoms with Gasteiger partial charge in [-0.1, -0.05) is 19.1 Å².